The summed E-state index contributed by atoms with van der Waals surface area (Å²) < 4.78 is 0. The summed E-state index contributed by atoms with van der Waals surface area (Å²) in [6, 6.07) is 2.05. The maximum absolute atomic E-state index is 12.8. The molecule has 0 fully saturated rings. The average molecular weight is 328 g/mol. The molecule has 1 aliphatic carbocycles. The van der Waals surface area contributed by atoms with Crippen molar-refractivity contribution >= 4 is 17.5 Å². The van der Waals surface area contributed by atoms with E-state index >= 15 is 0 Å². The smallest absolute Gasteiger partial charge is 0.339 e. The van der Waals surface area contributed by atoms with E-state index < -0.39 is 40.3 Å². The number of carbonyl (C=O) groups excluding carboxylic acids is 2. The first-order chi connectivity index (χ1) is 11.2. The van der Waals surface area contributed by atoms with Gasteiger partial charge >= 0.3 is 5.97 Å². The Morgan fingerprint density at radius 2 is 1.50 bits per heavy atom. The Morgan fingerprint density at radius 1 is 0.875 bits per heavy atom. The Labute approximate surface area is 135 Å². The van der Waals surface area contributed by atoms with Gasteiger partial charge in [0.15, 0.2) is 11.6 Å². The van der Waals surface area contributed by atoms with E-state index in [1.807, 2.05) is 0 Å². The Hall–Kier alpha value is -3.35. The lowest BCUT2D eigenvalue weighted by Gasteiger charge is -2.23. The van der Waals surface area contributed by atoms with Gasteiger partial charge in [-0.25, -0.2) is 4.79 Å². The summed E-state index contributed by atoms with van der Waals surface area (Å²) in [6.45, 7) is 2.75. The van der Waals surface area contributed by atoms with Crippen molar-refractivity contribution in [3.05, 3.63) is 51.1 Å². The molecule has 0 saturated heterocycles. The second kappa shape index (κ2) is 4.82. The van der Waals surface area contributed by atoms with Gasteiger partial charge in [-0.3, -0.25) is 9.59 Å². The van der Waals surface area contributed by atoms with Crippen LogP contribution in [-0.2, 0) is 0 Å². The largest absolute Gasteiger partial charge is 0.507 e. The van der Waals surface area contributed by atoms with Gasteiger partial charge in [0.1, 0.15) is 22.8 Å². The van der Waals surface area contributed by atoms with Gasteiger partial charge in [0, 0.05) is 11.1 Å². The molecule has 7 heteroatoms. The lowest BCUT2D eigenvalue weighted by atomic mass is 9.79. The van der Waals surface area contributed by atoms with Gasteiger partial charge in [0.05, 0.1) is 11.1 Å². The van der Waals surface area contributed by atoms with Crippen molar-refractivity contribution in [2.45, 2.75) is 13.8 Å². The quantitative estimate of drug-likeness (QED) is 0.501. The first kappa shape index (κ1) is 15.5. The van der Waals surface area contributed by atoms with E-state index in [1.54, 1.807) is 0 Å². The Morgan fingerprint density at radius 3 is 2.08 bits per heavy atom. The minimum atomic E-state index is -1.45. The van der Waals surface area contributed by atoms with Gasteiger partial charge in [-0.05, 0) is 37.1 Å². The highest BCUT2D eigenvalue weighted by Crippen LogP contribution is 2.42. The van der Waals surface area contributed by atoms with Crippen molar-refractivity contribution in [3.8, 4) is 17.2 Å². The average Bonchev–Trinajstić information content (AvgIpc) is 2.47. The molecule has 3 rings (SSSR count). The highest BCUT2D eigenvalue weighted by Gasteiger charge is 2.38. The second-order valence-electron chi connectivity index (χ2n) is 5.59. The summed E-state index contributed by atoms with van der Waals surface area (Å²) in [5, 5.41) is 39.2. The number of phenols is 3. The number of aryl methyl sites for hydroxylation is 1. The summed E-state index contributed by atoms with van der Waals surface area (Å²) in [6.07, 6.45) is 0. The SMILES string of the molecule is Cc1cc(O)c2c(c1O)C(=O)c1c(cc(O)c(C(=O)O)c1C)C2=O. The van der Waals surface area contributed by atoms with Crippen molar-refractivity contribution < 1.29 is 34.8 Å². The number of benzene rings is 2. The van der Waals surface area contributed by atoms with Crippen LogP contribution in [0.3, 0.4) is 0 Å². The maximum Gasteiger partial charge on any atom is 0.339 e. The van der Waals surface area contributed by atoms with Crippen LogP contribution >= 0.6 is 0 Å². The maximum atomic E-state index is 12.8. The third-order valence-corrected chi connectivity index (χ3v) is 4.17. The van der Waals surface area contributed by atoms with E-state index in [-0.39, 0.29) is 33.4 Å². The number of carboxylic acid groups (broad SMARTS) is 1. The lowest BCUT2D eigenvalue weighted by molar-refractivity contribution is 0.0692. The Balaban J connectivity index is 2.45. The van der Waals surface area contributed by atoms with Gasteiger partial charge in [-0.15, -0.1) is 0 Å². The molecule has 0 atom stereocenters. The highest BCUT2D eigenvalue weighted by atomic mass is 16.4. The molecule has 0 radical (unpaired) electrons. The first-order valence-electron chi connectivity index (χ1n) is 6.91. The number of ketones is 2. The van der Waals surface area contributed by atoms with E-state index in [4.69, 9.17) is 0 Å². The zero-order chi connectivity index (χ0) is 17.9. The van der Waals surface area contributed by atoms with Crippen molar-refractivity contribution in [2.24, 2.45) is 0 Å². The van der Waals surface area contributed by atoms with Gasteiger partial charge in [-0.2, -0.15) is 0 Å². The third-order valence-electron chi connectivity index (χ3n) is 4.17. The predicted octanol–water partition coefficient (Wildman–Crippen LogP) is 1.89. The number of rotatable bonds is 1. The molecular weight excluding hydrogens is 316 g/mol. The molecular formula is C17H12O7. The van der Waals surface area contributed by atoms with E-state index in [2.05, 4.69) is 0 Å². The number of carboxylic acids is 1. The zero-order valence-corrected chi connectivity index (χ0v) is 12.7. The standard InChI is InChI=1S/C17H12O7/c1-5-3-8(18)12-13(14(5)20)16(22)10-6(2)11(17(23)24)9(19)4-7(10)15(12)21/h3-4,18-20H,1-2H3,(H,23,24). The molecule has 4 N–H and O–H groups in total. The normalized spacial score (nSPS) is 12.8. The van der Waals surface area contributed by atoms with Gasteiger partial charge < -0.3 is 20.4 Å². The monoisotopic (exact) mass is 328 g/mol. The van der Waals surface area contributed by atoms with E-state index in [0.717, 1.165) is 12.1 Å². The van der Waals surface area contributed by atoms with Gasteiger partial charge in [0.25, 0.3) is 0 Å². The van der Waals surface area contributed by atoms with E-state index in [1.165, 1.54) is 13.8 Å². The molecule has 2 aromatic rings. The Bertz CT molecular complexity index is 970. The van der Waals surface area contributed by atoms with Gasteiger partial charge in [-0.1, -0.05) is 0 Å². The number of hydrogen-bond donors (Lipinski definition) is 4. The van der Waals surface area contributed by atoms with Crippen LogP contribution in [0.15, 0.2) is 12.1 Å². The molecule has 0 spiro atoms. The molecule has 0 amide bonds. The number of carbonyl (C=O) groups is 3. The summed E-state index contributed by atoms with van der Waals surface area (Å²) in [5.41, 5.74) is -1.52. The molecule has 0 unspecified atom stereocenters. The number of phenolic OH excluding ortho intramolecular Hbond substituents is 2. The van der Waals surface area contributed by atoms with Crippen LogP contribution in [0, 0.1) is 13.8 Å². The third kappa shape index (κ3) is 1.81. The van der Waals surface area contributed by atoms with Crippen LogP contribution in [0.4, 0.5) is 0 Å². The predicted molar refractivity (Wildman–Crippen MR) is 81.2 cm³/mol. The molecule has 122 valence electrons. The van der Waals surface area contributed by atoms with Crippen LogP contribution in [0.25, 0.3) is 0 Å². The molecule has 2 aromatic carbocycles. The van der Waals surface area contributed by atoms with Crippen molar-refractivity contribution in [1.82, 2.24) is 0 Å². The fraction of sp³-hybridized carbons (Fsp3) is 0.118. The molecule has 7 nitrogen and oxygen atoms in total. The second-order valence-corrected chi connectivity index (χ2v) is 5.59. The molecule has 24 heavy (non-hydrogen) atoms. The van der Waals surface area contributed by atoms with Gasteiger partial charge in [0.2, 0.25) is 0 Å². The van der Waals surface area contributed by atoms with E-state index in [9.17, 15) is 34.8 Å². The molecule has 0 saturated carbocycles. The minimum Gasteiger partial charge on any atom is -0.507 e. The molecule has 1 aliphatic rings. The zero-order valence-electron chi connectivity index (χ0n) is 12.7. The van der Waals surface area contributed by atoms with Crippen LogP contribution in [0.5, 0.6) is 17.2 Å². The Kier molecular flexibility index (Phi) is 3.12. The summed E-state index contributed by atoms with van der Waals surface area (Å²) in [5.74, 6) is -4.58. The van der Waals surface area contributed by atoms with Crippen molar-refractivity contribution in [2.75, 3.05) is 0 Å². The number of hydrogen-bond acceptors (Lipinski definition) is 6. The van der Waals surface area contributed by atoms with E-state index in [0.29, 0.717) is 0 Å². The fourth-order valence-corrected chi connectivity index (χ4v) is 3.04. The molecule has 0 heterocycles. The van der Waals surface area contributed by atoms with Crippen molar-refractivity contribution in [3.63, 3.8) is 0 Å². The molecule has 0 bridgehead atoms. The topological polar surface area (TPSA) is 132 Å². The van der Waals surface area contributed by atoms with Crippen LogP contribution < -0.4 is 0 Å². The lowest BCUT2D eigenvalue weighted by Crippen LogP contribution is -2.24. The summed E-state index contributed by atoms with van der Waals surface area (Å²) >= 11 is 0. The van der Waals surface area contributed by atoms with Crippen LogP contribution in [0.2, 0.25) is 0 Å². The number of fused-ring (bicyclic) bond motifs is 2. The molecule has 0 aromatic heterocycles. The summed E-state index contributed by atoms with van der Waals surface area (Å²) in [4.78, 5) is 36.7. The molecule has 0 aliphatic heterocycles. The minimum absolute atomic E-state index is 0.0816. The highest BCUT2D eigenvalue weighted by molar-refractivity contribution is 6.31. The van der Waals surface area contributed by atoms with Crippen LogP contribution in [-0.4, -0.2) is 38.0 Å². The van der Waals surface area contributed by atoms with Crippen LogP contribution in [0.1, 0.15) is 53.3 Å². The fourth-order valence-electron chi connectivity index (χ4n) is 3.04. The number of aromatic hydroxyl groups is 3. The first-order valence-corrected chi connectivity index (χ1v) is 6.91. The number of aromatic carboxylic acids is 1. The van der Waals surface area contributed by atoms with Crippen molar-refractivity contribution in [1.29, 1.82) is 0 Å². The summed E-state index contributed by atoms with van der Waals surface area (Å²) in [7, 11) is 0.